The van der Waals surface area contributed by atoms with Gasteiger partial charge in [-0.05, 0) is 25.0 Å². The van der Waals surface area contributed by atoms with Crippen LogP contribution in [0.2, 0.25) is 0 Å². The van der Waals surface area contributed by atoms with Gasteiger partial charge in [-0.15, -0.1) is 0 Å². The van der Waals surface area contributed by atoms with Crippen molar-refractivity contribution in [2.75, 3.05) is 13.2 Å². The van der Waals surface area contributed by atoms with E-state index < -0.39 is 0 Å². The Labute approximate surface area is 95.5 Å². The highest BCUT2D eigenvalue weighted by Gasteiger charge is 2.32. The lowest BCUT2D eigenvalue weighted by Crippen LogP contribution is -2.39. The molecule has 0 unspecified atom stereocenters. The standard InChI is InChI=1S/C12H18N2O2/c15-8-11-4-5-12(9-16)14(11)7-10-3-1-2-6-13-10/h1-3,6,11-12,15-16H,4-5,7-9H2/t11-,12-/m1/s1. The molecule has 0 saturated carbocycles. The number of pyridine rings is 1. The van der Waals surface area contributed by atoms with E-state index in [1.807, 2.05) is 18.2 Å². The zero-order valence-corrected chi connectivity index (χ0v) is 9.29. The van der Waals surface area contributed by atoms with Crippen LogP contribution in [0.5, 0.6) is 0 Å². The summed E-state index contributed by atoms with van der Waals surface area (Å²) in [6.45, 7) is 1.02. The van der Waals surface area contributed by atoms with Crippen molar-refractivity contribution in [2.24, 2.45) is 0 Å². The van der Waals surface area contributed by atoms with Crippen molar-refractivity contribution in [2.45, 2.75) is 31.5 Å². The molecule has 1 fully saturated rings. The summed E-state index contributed by atoms with van der Waals surface area (Å²) in [6, 6.07) is 6.15. The Hall–Kier alpha value is -0.970. The Morgan fingerprint density at radius 3 is 2.38 bits per heavy atom. The van der Waals surface area contributed by atoms with E-state index >= 15 is 0 Å². The molecule has 2 heterocycles. The van der Waals surface area contributed by atoms with E-state index in [9.17, 15) is 10.2 Å². The van der Waals surface area contributed by atoms with Crippen LogP contribution >= 0.6 is 0 Å². The van der Waals surface area contributed by atoms with Crippen LogP contribution in [0.15, 0.2) is 24.4 Å². The molecule has 2 atom stereocenters. The molecular weight excluding hydrogens is 204 g/mol. The molecule has 88 valence electrons. The van der Waals surface area contributed by atoms with E-state index in [-0.39, 0.29) is 25.3 Å². The molecule has 1 aromatic rings. The zero-order valence-electron chi connectivity index (χ0n) is 9.29. The maximum Gasteiger partial charge on any atom is 0.0587 e. The largest absolute Gasteiger partial charge is 0.395 e. The van der Waals surface area contributed by atoms with E-state index in [0.29, 0.717) is 6.54 Å². The third-order valence-corrected chi connectivity index (χ3v) is 3.26. The van der Waals surface area contributed by atoms with Gasteiger partial charge >= 0.3 is 0 Å². The summed E-state index contributed by atoms with van der Waals surface area (Å²) >= 11 is 0. The summed E-state index contributed by atoms with van der Waals surface area (Å²) in [5.41, 5.74) is 0.987. The van der Waals surface area contributed by atoms with Crippen LogP contribution in [0.4, 0.5) is 0 Å². The predicted molar refractivity (Wildman–Crippen MR) is 60.8 cm³/mol. The van der Waals surface area contributed by atoms with Crippen LogP contribution in [0, 0.1) is 0 Å². The summed E-state index contributed by atoms with van der Waals surface area (Å²) in [7, 11) is 0. The number of rotatable bonds is 4. The van der Waals surface area contributed by atoms with Crippen LogP contribution in [-0.4, -0.2) is 45.4 Å². The molecule has 4 nitrogen and oxygen atoms in total. The van der Waals surface area contributed by atoms with Gasteiger partial charge in [0.25, 0.3) is 0 Å². The molecule has 0 bridgehead atoms. The Morgan fingerprint density at radius 2 is 1.88 bits per heavy atom. The summed E-state index contributed by atoms with van der Waals surface area (Å²) in [5.74, 6) is 0. The second kappa shape index (κ2) is 5.39. The fourth-order valence-electron chi connectivity index (χ4n) is 2.34. The minimum atomic E-state index is 0.156. The van der Waals surface area contributed by atoms with Gasteiger partial charge in [0, 0.05) is 24.8 Å². The highest BCUT2D eigenvalue weighted by atomic mass is 16.3. The molecule has 0 spiro atoms. The molecule has 0 aromatic carbocycles. The van der Waals surface area contributed by atoms with E-state index in [2.05, 4.69) is 9.88 Å². The first-order valence-corrected chi connectivity index (χ1v) is 5.72. The molecule has 0 amide bonds. The molecule has 1 aliphatic heterocycles. The van der Waals surface area contributed by atoms with Gasteiger partial charge < -0.3 is 10.2 Å². The number of aromatic nitrogens is 1. The Morgan fingerprint density at radius 1 is 1.19 bits per heavy atom. The van der Waals surface area contributed by atoms with Crippen molar-refractivity contribution in [1.29, 1.82) is 0 Å². The van der Waals surface area contributed by atoms with Crippen molar-refractivity contribution in [3.63, 3.8) is 0 Å². The first-order valence-electron chi connectivity index (χ1n) is 5.72. The molecule has 1 saturated heterocycles. The first-order chi connectivity index (χ1) is 7.85. The monoisotopic (exact) mass is 222 g/mol. The second-order valence-corrected chi connectivity index (χ2v) is 4.24. The number of nitrogens with zero attached hydrogens (tertiary/aromatic N) is 2. The molecular formula is C12H18N2O2. The summed E-state index contributed by atoms with van der Waals surface area (Å²) in [6.07, 6.45) is 3.68. The van der Waals surface area contributed by atoms with Gasteiger partial charge in [-0.3, -0.25) is 9.88 Å². The van der Waals surface area contributed by atoms with Crippen LogP contribution in [0.1, 0.15) is 18.5 Å². The van der Waals surface area contributed by atoms with Gasteiger partial charge in [-0.1, -0.05) is 6.07 Å². The number of likely N-dealkylation sites (tertiary alicyclic amines) is 1. The minimum Gasteiger partial charge on any atom is -0.395 e. The highest BCUT2D eigenvalue weighted by molar-refractivity contribution is 5.04. The summed E-state index contributed by atoms with van der Waals surface area (Å²) in [4.78, 5) is 6.43. The molecule has 1 aliphatic rings. The number of hydrogen-bond donors (Lipinski definition) is 2. The van der Waals surface area contributed by atoms with Crippen molar-refractivity contribution < 1.29 is 10.2 Å². The van der Waals surface area contributed by atoms with Crippen LogP contribution in [0.3, 0.4) is 0 Å². The van der Waals surface area contributed by atoms with Crippen molar-refractivity contribution in [1.82, 2.24) is 9.88 Å². The Bertz CT molecular complexity index is 306. The lowest BCUT2D eigenvalue weighted by Gasteiger charge is -2.27. The molecule has 0 radical (unpaired) electrons. The zero-order chi connectivity index (χ0) is 11.4. The van der Waals surface area contributed by atoms with Crippen LogP contribution < -0.4 is 0 Å². The number of aliphatic hydroxyl groups excluding tert-OH is 2. The third-order valence-electron chi connectivity index (χ3n) is 3.26. The minimum absolute atomic E-state index is 0.156. The van der Waals surface area contributed by atoms with Gasteiger partial charge in [-0.2, -0.15) is 0 Å². The van der Waals surface area contributed by atoms with Gasteiger partial charge in [0.2, 0.25) is 0 Å². The molecule has 4 heteroatoms. The molecule has 0 aliphatic carbocycles. The van der Waals surface area contributed by atoms with Gasteiger partial charge in [-0.25, -0.2) is 0 Å². The van der Waals surface area contributed by atoms with Crippen LogP contribution in [-0.2, 0) is 6.54 Å². The highest BCUT2D eigenvalue weighted by Crippen LogP contribution is 2.25. The third kappa shape index (κ3) is 2.40. The first kappa shape index (κ1) is 11.5. The van der Waals surface area contributed by atoms with Crippen LogP contribution in [0.25, 0.3) is 0 Å². The van der Waals surface area contributed by atoms with Gasteiger partial charge in [0.1, 0.15) is 0 Å². The fourth-order valence-corrected chi connectivity index (χ4v) is 2.34. The smallest absolute Gasteiger partial charge is 0.0587 e. The molecule has 2 N–H and O–H groups in total. The lowest BCUT2D eigenvalue weighted by atomic mass is 10.2. The lowest BCUT2D eigenvalue weighted by molar-refractivity contribution is 0.0892. The normalized spacial score (nSPS) is 26.1. The summed E-state index contributed by atoms with van der Waals surface area (Å²) < 4.78 is 0. The average Bonchev–Trinajstić information content (AvgIpc) is 2.72. The second-order valence-electron chi connectivity index (χ2n) is 4.24. The topological polar surface area (TPSA) is 56.6 Å². The number of hydrogen-bond acceptors (Lipinski definition) is 4. The van der Waals surface area contributed by atoms with E-state index in [1.165, 1.54) is 0 Å². The van der Waals surface area contributed by atoms with Crippen molar-refractivity contribution >= 4 is 0 Å². The Kier molecular flexibility index (Phi) is 3.88. The maximum atomic E-state index is 9.28. The van der Waals surface area contributed by atoms with Gasteiger partial charge in [0.05, 0.1) is 18.9 Å². The summed E-state index contributed by atoms with van der Waals surface area (Å²) in [5, 5.41) is 18.6. The maximum absolute atomic E-state index is 9.28. The average molecular weight is 222 g/mol. The fraction of sp³-hybridized carbons (Fsp3) is 0.583. The van der Waals surface area contributed by atoms with Crippen molar-refractivity contribution in [3.05, 3.63) is 30.1 Å². The van der Waals surface area contributed by atoms with E-state index in [4.69, 9.17) is 0 Å². The van der Waals surface area contributed by atoms with Gasteiger partial charge in [0.15, 0.2) is 0 Å². The number of aliphatic hydroxyl groups is 2. The SMILES string of the molecule is OC[C@H]1CC[C@H](CO)N1Cc1ccccn1. The predicted octanol–water partition coefficient (Wildman–Crippen LogP) is 0.399. The molecule has 16 heavy (non-hydrogen) atoms. The molecule has 2 rings (SSSR count). The molecule has 1 aromatic heterocycles. The quantitative estimate of drug-likeness (QED) is 0.774. The van der Waals surface area contributed by atoms with E-state index in [0.717, 1.165) is 18.5 Å². The van der Waals surface area contributed by atoms with Crippen molar-refractivity contribution in [3.8, 4) is 0 Å². The van der Waals surface area contributed by atoms with E-state index in [1.54, 1.807) is 6.20 Å². The Balaban J connectivity index is 2.06.